The highest BCUT2D eigenvalue weighted by molar-refractivity contribution is 5.90. The van der Waals surface area contributed by atoms with Crippen LogP contribution in [0.1, 0.15) is 25.7 Å². The summed E-state index contributed by atoms with van der Waals surface area (Å²) >= 11 is 0. The molecule has 0 saturated heterocycles. The summed E-state index contributed by atoms with van der Waals surface area (Å²) in [6.45, 7) is 0.780. The second kappa shape index (κ2) is 6.68. The summed E-state index contributed by atoms with van der Waals surface area (Å²) in [5, 5.41) is 22.0. The fourth-order valence-electron chi connectivity index (χ4n) is 1.94. The zero-order valence-electron chi connectivity index (χ0n) is 10.7. The molecule has 0 saturated carbocycles. The fourth-order valence-corrected chi connectivity index (χ4v) is 1.94. The van der Waals surface area contributed by atoms with Crippen molar-refractivity contribution in [1.29, 1.82) is 0 Å². The smallest absolute Gasteiger partial charge is 0.303 e. The van der Waals surface area contributed by atoms with Crippen molar-refractivity contribution in [1.82, 2.24) is 10.2 Å². The largest absolute Gasteiger partial charge is 0.481 e. The predicted octanol–water partition coefficient (Wildman–Crippen LogP) is 2.69. The molecule has 2 rings (SSSR count). The summed E-state index contributed by atoms with van der Waals surface area (Å²) in [4.78, 5) is 10.4. The molecule has 0 aliphatic rings. The number of fused-ring (bicyclic) bond motifs is 1. The van der Waals surface area contributed by atoms with Gasteiger partial charge in [0, 0.05) is 23.7 Å². The van der Waals surface area contributed by atoms with Crippen LogP contribution in [0.5, 0.6) is 0 Å². The van der Waals surface area contributed by atoms with E-state index in [9.17, 15) is 4.79 Å². The predicted molar refractivity (Wildman–Crippen MR) is 74.1 cm³/mol. The first kappa shape index (κ1) is 13.3. The van der Waals surface area contributed by atoms with Crippen LogP contribution in [0.2, 0.25) is 0 Å². The highest BCUT2D eigenvalue weighted by Crippen LogP contribution is 2.19. The van der Waals surface area contributed by atoms with Crippen LogP contribution in [-0.4, -0.2) is 27.8 Å². The van der Waals surface area contributed by atoms with Crippen LogP contribution in [0.25, 0.3) is 10.8 Å². The molecule has 2 aromatic rings. The Morgan fingerprint density at radius 1 is 1.21 bits per heavy atom. The number of hydrogen-bond acceptors (Lipinski definition) is 4. The molecule has 0 spiro atoms. The van der Waals surface area contributed by atoms with Crippen molar-refractivity contribution in [3.05, 3.63) is 30.5 Å². The van der Waals surface area contributed by atoms with E-state index in [1.807, 2.05) is 24.3 Å². The maximum Gasteiger partial charge on any atom is 0.303 e. The maximum absolute atomic E-state index is 10.4. The normalized spacial score (nSPS) is 10.5. The standard InChI is InChI=1S/C14H17N3O2/c18-13(19)8-2-1-5-9-15-14-12-7-4-3-6-11(12)10-16-17-14/h3-4,6-7,10H,1-2,5,8-9H2,(H,15,17)(H,18,19). The van der Waals surface area contributed by atoms with Crippen molar-refractivity contribution in [2.24, 2.45) is 0 Å². The van der Waals surface area contributed by atoms with E-state index in [0.29, 0.717) is 0 Å². The first-order valence-corrected chi connectivity index (χ1v) is 6.43. The number of anilines is 1. The summed E-state index contributed by atoms with van der Waals surface area (Å²) < 4.78 is 0. The molecule has 0 bridgehead atoms. The molecule has 0 amide bonds. The SMILES string of the molecule is O=C(O)CCCCCNc1nncc2ccccc12. The third kappa shape index (κ3) is 3.91. The lowest BCUT2D eigenvalue weighted by Gasteiger charge is -2.07. The summed E-state index contributed by atoms with van der Waals surface area (Å²) in [5.41, 5.74) is 0. The van der Waals surface area contributed by atoms with Crippen LogP contribution < -0.4 is 5.32 Å². The van der Waals surface area contributed by atoms with Gasteiger partial charge in [-0.05, 0) is 12.8 Å². The van der Waals surface area contributed by atoms with E-state index in [1.165, 1.54) is 0 Å². The van der Waals surface area contributed by atoms with Crippen LogP contribution in [0.4, 0.5) is 5.82 Å². The molecule has 1 aromatic carbocycles. The van der Waals surface area contributed by atoms with Crippen LogP contribution in [0.15, 0.2) is 30.5 Å². The average Bonchev–Trinajstić information content (AvgIpc) is 2.42. The Balaban J connectivity index is 1.83. The minimum atomic E-state index is -0.729. The molecule has 19 heavy (non-hydrogen) atoms. The van der Waals surface area contributed by atoms with Gasteiger partial charge in [0.15, 0.2) is 5.82 Å². The minimum Gasteiger partial charge on any atom is -0.481 e. The molecule has 5 heteroatoms. The lowest BCUT2D eigenvalue weighted by molar-refractivity contribution is -0.137. The Kier molecular flexibility index (Phi) is 4.66. The highest BCUT2D eigenvalue weighted by atomic mass is 16.4. The molecule has 0 atom stereocenters. The number of nitrogens with one attached hydrogen (secondary N) is 1. The summed E-state index contributed by atoms with van der Waals surface area (Å²) in [5.74, 6) is 0.0595. The molecule has 0 unspecified atom stereocenters. The van der Waals surface area contributed by atoms with Gasteiger partial charge in [-0.15, -0.1) is 5.10 Å². The van der Waals surface area contributed by atoms with E-state index in [2.05, 4.69) is 15.5 Å². The van der Waals surface area contributed by atoms with Gasteiger partial charge in [-0.1, -0.05) is 30.7 Å². The minimum absolute atomic E-state index is 0.244. The van der Waals surface area contributed by atoms with Gasteiger partial charge in [-0.3, -0.25) is 4.79 Å². The molecular weight excluding hydrogens is 242 g/mol. The van der Waals surface area contributed by atoms with E-state index in [-0.39, 0.29) is 6.42 Å². The summed E-state index contributed by atoms with van der Waals surface area (Å²) in [6, 6.07) is 7.96. The Morgan fingerprint density at radius 2 is 2.05 bits per heavy atom. The van der Waals surface area contributed by atoms with Gasteiger partial charge < -0.3 is 10.4 Å². The van der Waals surface area contributed by atoms with Gasteiger partial charge in [-0.25, -0.2) is 0 Å². The second-order valence-corrected chi connectivity index (χ2v) is 4.41. The Bertz CT molecular complexity index is 552. The Hall–Kier alpha value is -2.17. The van der Waals surface area contributed by atoms with Crippen molar-refractivity contribution in [3.63, 3.8) is 0 Å². The van der Waals surface area contributed by atoms with Gasteiger partial charge in [0.25, 0.3) is 0 Å². The average molecular weight is 259 g/mol. The number of benzene rings is 1. The monoisotopic (exact) mass is 259 g/mol. The van der Waals surface area contributed by atoms with Crippen LogP contribution in [-0.2, 0) is 4.79 Å². The van der Waals surface area contributed by atoms with Gasteiger partial charge in [0.05, 0.1) is 6.20 Å². The zero-order valence-corrected chi connectivity index (χ0v) is 10.7. The molecule has 1 heterocycles. The van der Waals surface area contributed by atoms with Crippen molar-refractivity contribution in [3.8, 4) is 0 Å². The van der Waals surface area contributed by atoms with Crippen LogP contribution >= 0.6 is 0 Å². The van der Waals surface area contributed by atoms with Crippen LogP contribution in [0, 0.1) is 0 Å². The van der Waals surface area contributed by atoms with Crippen molar-refractivity contribution in [2.75, 3.05) is 11.9 Å². The van der Waals surface area contributed by atoms with E-state index in [4.69, 9.17) is 5.11 Å². The number of rotatable bonds is 7. The number of carbonyl (C=O) groups is 1. The highest BCUT2D eigenvalue weighted by Gasteiger charge is 2.02. The van der Waals surface area contributed by atoms with Gasteiger partial charge in [0.2, 0.25) is 0 Å². The number of aromatic nitrogens is 2. The van der Waals surface area contributed by atoms with Crippen molar-refractivity contribution in [2.45, 2.75) is 25.7 Å². The van der Waals surface area contributed by atoms with Crippen molar-refractivity contribution >= 4 is 22.6 Å². The summed E-state index contributed by atoms with van der Waals surface area (Å²) in [6.07, 6.45) is 4.54. The lowest BCUT2D eigenvalue weighted by atomic mass is 10.2. The number of hydrogen-bond donors (Lipinski definition) is 2. The van der Waals surface area contributed by atoms with Crippen molar-refractivity contribution < 1.29 is 9.90 Å². The van der Waals surface area contributed by atoms with Gasteiger partial charge in [0.1, 0.15) is 0 Å². The molecule has 0 aliphatic heterocycles. The third-order valence-corrected chi connectivity index (χ3v) is 2.93. The number of unbranched alkanes of at least 4 members (excludes halogenated alkanes) is 2. The molecule has 2 N–H and O–H groups in total. The van der Waals surface area contributed by atoms with Gasteiger partial charge >= 0.3 is 5.97 Å². The number of nitrogens with zero attached hydrogens (tertiary/aromatic N) is 2. The summed E-state index contributed by atoms with van der Waals surface area (Å²) in [7, 11) is 0. The fraction of sp³-hybridized carbons (Fsp3) is 0.357. The first-order chi connectivity index (χ1) is 9.27. The lowest BCUT2D eigenvalue weighted by Crippen LogP contribution is -2.05. The number of aliphatic carboxylic acids is 1. The first-order valence-electron chi connectivity index (χ1n) is 6.43. The molecule has 100 valence electrons. The van der Waals surface area contributed by atoms with Crippen LogP contribution in [0.3, 0.4) is 0 Å². The van der Waals surface area contributed by atoms with E-state index in [0.717, 1.165) is 42.4 Å². The molecule has 0 radical (unpaired) electrons. The molecule has 0 fully saturated rings. The number of carboxylic acid groups (broad SMARTS) is 1. The zero-order chi connectivity index (χ0) is 13.5. The number of carboxylic acids is 1. The third-order valence-electron chi connectivity index (χ3n) is 2.93. The van der Waals surface area contributed by atoms with Gasteiger partial charge in [-0.2, -0.15) is 5.10 Å². The second-order valence-electron chi connectivity index (χ2n) is 4.41. The molecular formula is C14H17N3O2. The Labute approximate surface area is 111 Å². The van der Waals surface area contributed by atoms with E-state index >= 15 is 0 Å². The molecule has 5 nitrogen and oxygen atoms in total. The van der Waals surface area contributed by atoms with E-state index in [1.54, 1.807) is 6.20 Å². The Morgan fingerprint density at radius 3 is 2.89 bits per heavy atom. The maximum atomic E-state index is 10.4. The van der Waals surface area contributed by atoms with E-state index < -0.39 is 5.97 Å². The topological polar surface area (TPSA) is 75.1 Å². The quantitative estimate of drug-likeness (QED) is 0.748. The molecule has 1 aromatic heterocycles. The molecule has 0 aliphatic carbocycles.